The van der Waals surface area contributed by atoms with Gasteiger partial charge in [-0.05, 0) is 44.2 Å². The van der Waals surface area contributed by atoms with Crippen LogP contribution in [0, 0.1) is 0 Å². The fourth-order valence-corrected chi connectivity index (χ4v) is 4.12. The third-order valence-electron chi connectivity index (χ3n) is 4.95. The van der Waals surface area contributed by atoms with Crippen LogP contribution in [-0.4, -0.2) is 28.8 Å². The van der Waals surface area contributed by atoms with E-state index < -0.39 is 8.07 Å². The second kappa shape index (κ2) is 9.02. The predicted molar refractivity (Wildman–Crippen MR) is 127 cm³/mol. The van der Waals surface area contributed by atoms with Crippen LogP contribution in [0.5, 0.6) is 0 Å². The van der Waals surface area contributed by atoms with Crippen LogP contribution in [-0.2, 0) is 18.0 Å². The third-order valence-corrected chi connectivity index (χ3v) is 6.65. The maximum Gasteiger partial charge on any atom is 0.274 e. The first kappa shape index (κ1) is 22.1. The van der Waals surface area contributed by atoms with Crippen molar-refractivity contribution in [3.05, 3.63) is 63.8 Å². The summed E-state index contributed by atoms with van der Waals surface area (Å²) in [5.74, 6) is 0. The van der Waals surface area contributed by atoms with Gasteiger partial charge in [-0.1, -0.05) is 31.3 Å². The minimum Gasteiger partial charge on any atom is -0.394 e. The van der Waals surface area contributed by atoms with Gasteiger partial charge in [0.25, 0.3) is 5.56 Å². The molecule has 0 atom stereocenters. The van der Waals surface area contributed by atoms with Gasteiger partial charge in [-0.2, -0.15) is 0 Å². The topological polar surface area (TPSA) is 75.1 Å². The van der Waals surface area contributed by atoms with E-state index in [4.69, 9.17) is 10.5 Å². The Bertz CT molecular complexity index is 1120. The molecular weight excluding hydrogens is 392 g/mol. The van der Waals surface area contributed by atoms with Crippen molar-refractivity contribution in [1.29, 1.82) is 0 Å². The Balaban J connectivity index is 2.03. The van der Waals surface area contributed by atoms with Crippen molar-refractivity contribution in [3.8, 4) is 0 Å². The molecule has 2 N–H and O–H groups in total. The lowest BCUT2D eigenvalue weighted by Gasteiger charge is -2.17. The normalized spacial score (nSPS) is 11.8. The third kappa shape index (κ3) is 5.28. The lowest BCUT2D eigenvalue weighted by molar-refractivity contribution is 0.0882. The highest BCUT2D eigenvalue weighted by Crippen LogP contribution is 2.25. The number of nitrogens with zero attached hydrogens (tertiary/aromatic N) is 3. The maximum absolute atomic E-state index is 12.5. The number of nitrogens with two attached hydrogens (primary N) is 1. The zero-order chi connectivity index (χ0) is 21.9. The quantitative estimate of drug-likeness (QED) is 0.425. The first-order valence-electron chi connectivity index (χ1n) is 10.3. The zero-order valence-electron chi connectivity index (χ0n) is 18.6. The molecule has 3 aromatic heterocycles. The van der Waals surface area contributed by atoms with Crippen LogP contribution in [0.25, 0.3) is 17.1 Å². The molecule has 0 fully saturated rings. The summed E-state index contributed by atoms with van der Waals surface area (Å²) in [7, 11) is -1.17. The first-order valence-corrected chi connectivity index (χ1v) is 14.0. The van der Waals surface area contributed by atoms with E-state index >= 15 is 0 Å². The van der Waals surface area contributed by atoms with E-state index in [2.05, 4.69) is 49.1 Å². The summed E-state index contributed by atoms with van der Waals surface area (Å²) in [6.45, 7) is 12.8. The minimum atomic E-state index is -1.17. The van der Waals surface area contributed by atoms with E-state index in [0.29, 0.717) is 13.3 Å². The van der Waals surface area contributed by atoms with E-state index in [-0.39, 0.29) is 11.2 Å². The number of anilines is 1. The van der Waals surface area contributed by atoms with Gasteiger partial charge in [-0.25, -0.2) is 0 Å². The van der Waals surface area contributed by atoms with Gasteiger partial charge in [-0.3, -0.25) is 9.78 Å². The van der Waals surface area contributed by atoms with Crippen LogP contribution in [0.1, 0.15) is 25.1 Å². The Morgan fingerprint density at radius 1 is 1.27 bits per heavy atom. The highest BCUT2D eigenvalue weighted by molar-refractivity contribution is 6.76. The molecule has 0 bridgehead atoms. The second-order valence-corrected chi connectivity index (χ2v) is 14.8. The van der Waals surface area contributed by atoms with Gasteiger partial charge in [0, 0.05) is 38.3 Å². The fourth-order valence-electron chi connectivity index (χ4n) is 3.36. The molecule has 0 saturated heterocycles. The Kier molecular flexibility index (Phi) is 6.63. The summed E-state index contributed by atoms with van der Waals surface area (Å²) in [4.78, 5) is 17.0. The molecule has 0 aliphatic carbocycles. The summed E-state index contributed by atoms with van der Waals surface area (Å²) >= 11 is 0. The van der Waals surface area contributed by atoms with Crippen LogP contribution in [0.2, 0.25) is 25.7 Å². The smallest absolute Gasteiger partial charge is 0.274 e. The fraction of sp³-hybridized carbons (Fsp3) is 0.391. The number of fused-ring (bicyclic) bond motifs is 1. The minimum absolute atomic E-state index is 0.188. The van der Waals surface area contributed by atoms with Crippen LogP contribution in [0.15, 0.2) is 47.0 Å². The highest BCUT2D eigenvalue weighted by atomic mass is 28.3. The molecule has 7 heteroatoms. The van der Waals surface area contributed by atoms with E-state index in [9.17, 15) is 4.79 Å². The van der Waals surface area contributed by atoms with E-state index in [0.717, 1.165) is 34.9 Å². The molecular formula is C23H32N4O2Si. The van der Waals surface area contributed by atoms with E-state index in [1.165, 1.54) is 5.57 Å². The summed E-state index contributed by atoms with van der Waals surface area (Å²) < 4.78 is 9.86. The highest BCUT2D eigenvalue weighted by Gasteiger charge is 2.16. The van der Waals surface area contributed by atoms with Crippen molar-refractivity contribution < 1.29 is 4.74 Å². The number of nitrogen functional groups attached to an aromatic ring is 1. The Morgan fingerprint density at radius 3 is 2.73 bits per heavy atom. The Hall–Kier alpha value is -2.64. The molecule has 0 aliphatic heterocycles. The maximum atomic E-state index is 12.5. The van der Waals surface area contributed by atoms with Gasteiger partial charge in [-0.15, -0.1) is 0 Å². The largest absolute Gasteiger partial charge is 0.394 e. The van der Waals surface area contributed by atoms with Crippen molar-refractivity contribution in [3.63, 3.8) is 0 Å². The zero-order valence-corrected chi connectivity index (χ0v) is 19.6. The number of pyridine rings is 2. The molecule has 30 heavy (non-hydrogen) atoms. The number of rotatable bonds is 8. The van der Waals surface area contributed by atoms with Crippen LogP contribution in [0.4, 0.5) is 5.69 Å². The van der Waals surface area contributed by atoms with Crippen molar-refractivity contribution >= 4 is 30.9 Å². The number of hydrogen-bond donors (Lipinski definition) is 1. The molecule has 3 aromatic rings. The number of allylic oxidation sites excluding steroid dienone is 1. The lowest BCUT2D eigenvalue weighted by atomic mass is 10.1. The van der Waals surface area contributed by atoms with Gasteiger partial charge in [0.05, 0.1) is 23.3 Å². The lowest BCUT2D eigenvalue weighted by Crippen LogP contribution is -2.24. The van der Waals surface area contributed by atoms with Crippen molar-refractivity contribution in [2.24, 2.45) is 0 Å². The SMILES string of the molecule is CC(C)=Cc1ccnc2cc(Cn3cccc(N)c3=O)n(COCC[Si](C)(C)C)c12. The molecule has 0 aliphatic rings. The standard InChI is InChI=1S/C23H32N4O2Si/c1-17(2)13-18-8-9-25-21-14-19(15-26-10-6-7-20(24)23(26)28)27(22(18)21)16-29-11-12-30(3,4)5/h6-10,13-14H,11-12,15-16,24H2,1-5H3. The number of aromatic nitrogens is 3. The number of hydrogen-bond acceptors (Lipinski definition) is 4. The average Bonchev–Trinajstić information content (AvgIpc) is 2.99. The molecule has 160 valence electrons. The van der Waals surface area contributed by atoms with Gasteiger partial charge in [0.2, 0.25) is 0 Å². The number of ether oxygens (including phenoxy) is 1. The molecule has 0 saturated carbocycles. The van der Waals surface area contributed by atoms with Gasteiger partial charge in [0.15, 0.2) is 0 Å². The second-order valence-electron chi connectivity index (χ2n) is 9.16. The molecule has 0 unspecified atom stereocenters. The summed E-state index contributed by atoms with van der Waals surface area (Å²) in [6.07, 6.45) is 5.74. The van der Waals surface area contributed by atoms with Gasteiger partial charge in [0.1, 0.15) is 6.73 Å². The summed E-state index contributed by atoms with van der Waals surface area (Å²) in [5, 5.41) is 0. The Labute approximate surface area is 179 Å². The van der Waals surface area contributed by atoms with Crippen molar-refractivity contribution in [2.75, 3.05) is 12.3 Å². The first-order chi connectivity index (χ1) is 14.2. The van der Waals surface area contributed by atoms with Crippen LogP contribution >= 0.6 is 0 Å². The van der Waals surface area contributed by atoms with Gasteiger partial charge >= 0.3 is 0 Å². The molecule has 0 aromatic carbocycles. The molecule has 0 amide bonds. The summed E-state index contributed by atoms with van der Waals surface area (Å²) in [6, 6.07) is 8.58. The van der Waals surface area contributed by atoms with Gasteiger partial charge < -0.3 is 19.6 Å². The van der Waals surface area contributed by atoms with Crippen LogP contribution < -0.4 is 11.3 Å². The molecule has 3 rings (SSSR count). The summed E-state index contributed by atoms with van der Waals surface area (Å²) in [5.41, 5.74) is 11.1. The molecule has 3 heterocycles. The van der Waals surface area contributed by atoms with Crippen LogP contribution in [0.3, 0.4) is 0 Å². The van der Waals surface area contributed by atoms with E-state index in [1.54, 1.807) is 22.9 Å². The molecule has 6 nitrogen and oxygen atoms in total. The predicted octanol–water partition coefficient (Wildman–Crippen LogP) is 4.56. The molecule has 0 spiro atoms. The monoisotopic (exact) mass is 424 g/mol. The van der Waals surface area contributed by atoms with E-state index in [1.807, 2.05) is 18.3 Å². The molecule has 0 radical (unpaired) electrons. The van der Waals surface area contributed by atoms with Crippen molar-refractivity contribution in [2.45, 2.75) is 52.8 Å². The average molecular weight is 425 g/mol. The van der Waals surface area contributed by atoms with Crippen molar-refractivity contribution in [1.82, 2.24) is 14.1 Å². The Morgan fingerprint density at radius 2 is 2.03 bits per heavy atom.